The average Bonchev–Trinajstić information content (AvgIpc) is 2.33. The average molecular weight is 233 g/mol. The minimum absolute atomic E-state index is 0.111. The van der Waals surface area contributed by atoms with Crippen molar-refractivity contribution in [2.45, 2.75) is 13.0 Å². The number of amides is 1. The first-order valence-electron chi connectivity index (χ1n) is 5.37. The normalized spacial score (nSPS) is 19.7. The standard InChI is InChI=1S/C12H12FN3O/c1-8-12(17)15-4-5-16(8)11-3-2-9(7-14)6-10(11)13/h2-3,6,8H,4-5H2,1H3,(H,15,17). The van der Waals surface area contributed by atoms with Gasteiger partial charge in [0.2, 0.25) is 5.91 Å². The van der Waals surface area contributed by atoms with Gasteiger partial charge in [0.15, 0.2) is 0 Å². The number of benzene rings is 1. The van der Waals surface area contributed by atoms with Gasteiger partial charge in [-0.1, -0.05) is 0 Å². The number of nitrogens with zero attached hydrogens (tertiary/aromatic N) is 2. The van der Waals surface area contributed by atoms with Gasteiger partial charge >= 0.3 is 0 Å². The molecule has 1 heterocycles. The summed E-state index contributed by atoms with van der Waals surface area (Å²) in [5, 5.41) is 11.4. The smallest absolute Gasteiger partial charge is 0.242 e. The predicted octanol–water partition coefficient (Wildman–Crippen LogP) is 1.02. The Bertz CT molecular complexity index is 495. The molecule has 1 aliphatic rings. The van der Waals surface area contributed by atoms with Crippen LogP contribution in [0.2, 0.25) is 0 Å². The Hall–Kier alpha value is -2.09. The Labute approximate surface area is 98.6 Å². The van der Waals surface area contributed by atoms with Crippen molar-refractivity contribution in [2.75, 3.05) is 18.0 Å². The van der Waals surface area contributed by atoms with Crippen LogP contribution in [0.15, 0.2) is 18.2 Å². The molecule has 1 N–H and O–H groups in total. The minimum Gasteiger partial charge on any atom is -0.356 e. The van der Waals surface area contributed by atoms with Gasteiger partial charge in [-0.15, -0.1) is 0 Å². The van der Waals surface area contributed by atoms with Crippen LogP contribution >= 0.6 is 0 Å². The molecule has 0 aliphatic carbocycles. The van der Waals surface area contributed by atoms with Crippen molar-refractivity contribution in [2.24, 2.45) is 0 Å². The Morgan fingerprint density at radius 3 is 3.00 bits per heavy atom. The van der Waals surface area contributed by atoms with Crippen LogP contribution in [0.3, 0.4) is 0 Å². The summed E-state index contributed by atoms with van der Waals surface area (Å²) in [7, 11) is 0. The Balaban J connectivity index is 2.34. The summed E-state index contributed by atoms with van der Waals surface area (Å²) in [6, 6.07) is 5.77. The molecule has 4 nitrogen and oxygen atoms in total. The van der Waals surface area contributed by atoms with Crippen LogP contribution in [0, 0.1) is 17.1 Å². The van der Waals surface area contributed by atoms with Gasteiger partial charge in [-0.3, -0.25) is 4.79 Å². The van der Waals surface area contributed by atoms with Gasteiger partial charge in [0.1, 0.15) is 11.9 Å². The largest absolute Gasteiger partial charge is 0.356 e. The summed E-state index contributed by atoms with van der Waals surface area (Å²) in [5.74, 6) is -0.578. The number of piperazine rings is 1. The van der Waals surface area contributed by atoms with E-state index in [0.29, 0.717) is 18.8 Å². The SMILES string of the molecule is CC1C(=O)NCCN1c1ccc(C#N)cc1F. The number of carbonyl (C=O) groups excluding carboxylic acids is 1. The van der Waals surface area contributed by atoms with Gasteiger partial charge in [-0.2, -0.15) is 5.26 Å². The van der Waals surface area contributed by atoms with E-state index in [4.69, 9.17) is 5.26 Å². The second-order valence-corrected chi connectivity index (χ2v) is 3.94. The molecule has 0 aromatic heterocycles. The van der Waals surface area contributed by atoms with E-state index in [-0.39, 0.29) is 11.5 Å². The molecule has 1 amide bonds. The monoisotopic (exact) mass is 233 g/mol. The van der Waals surface area contributed by atoms with Gasteiger partial charge in [0.05, 0.1) is 17.3 Å². The van der Waals surface area contributed by atoms with Crippen molar-refractivity contribution in [3.8, 4) is 6.07 Å². The van der Waals surface area contributed by atoms with E-state index in [1.165, 1.54) is 6.07 Å². The highest BCUT2D eigenvalue weighted by atomic mass is 19.1. The molecule has 1 atom stereocenters. The second kappa shape index (κ2) is 4.42. The van der Waals surface area contributed by atoms with Crippen LogP contribution in [0.1, 0.15) is 12.5 Å². The number of anilines is 1. The van der Waals surface area contributed by atoms with Crippen molar-refractivity contribution in [1.82, 2.24) is 5.32 Å². The number of nitriles is 1. The number of halogens is 1. The molecule has 1 aliphatic heterocycles. The highest BCUT2D eigenvalue weighted by molar-refractivity contribution is 5.86. The lowest BCUT2D eigenvalue weighted by Gasteiger charge is -2.34. The van der Waals surface area contributed by atoms with Crippen molar-refractivity contribution >= 4 is 11.6 Å². The number of carbonyl (C=O) groups is 1. The molecule has 2 rings (SSSR count). The van der Waals surface area contributed by atoms with Crippen LogP contribution < -0.4 is 10.2 Å². The molecular formula is C12H12FN3O. The lowest BCUT2D eigenvalue weighted by Crippen LogP contribution is -2.54. The molecule has 17 heavy (non-hydrogen) atoms. The van der Waals surface area contributed by atoms with E-state index >= 15 is 0 Å². The molecule has 1 fully saturated rings. The fourth-order valence-electron chi connectivity index (χ4n) is 1.92. The zero-order valence-electron chi connectivity index (χ0n) is 9.40. The number of hydrogen-bond donors (Lipinski definition) is 1. The van der Waals surface area contributed by atoms with Gasteiger partial charge in [-0.05, 0) is 25.1 Å². The quantitative estimate of drug-likeness (QED) is 0.788. The summed E-state index contributed by atoms with van der Waals surface area (Å²) in [6.45, 7) is 2.80. The Morgan fingerprint density at radius 1 is 1.59 bits per heavy atom. The van der Waals surface area contributed by atoms with Crippen molar-refractivity contribution in [3.63, 3.8) is 0 Å². The predicted molar refractivity (Wildman–Crippen MR) is 60.9 cm³/mol. The zero-order chi connectivity index (χ0) is 12.4. The van der Waals surface area contributed by atoms with Gasteiger partial charge in [0, 0.05) is 13.1 Å². The van der Waals surface area contributed by atoms with E-state index in [9.17, 15) is 9.18 Å². The summed E-state index contributed by atoms with van der Waals surface area (Å²) in [6.07, 6.45) is 0. The number of nitrogens with one attached hydrogen (secondary N) is 1. The second-order valence-electron chi connectivity index (χ2n) is 3.94. The molecule has 1 aromatic rings. The summed E-state index contributed by atoms with van der Waals surface area (Å²) < 4.78 is 13.8. The molecule has 0 spiro atoms. The lowest BCUT2D eigenvalue weighted by atomic mass is 10.1. The van der Waals surface area contributed by atoms with Crippen molar-refractivity contribution < 1.29 is 9.18 Å². The van der Waals surface area contributed by atoms with E-state index < -0.39 is 11.9 Å². The first kappa shape index (κ1) is 11.4. The summed E-state index contributed by atoms with van der Waals surface area (Å²) in [5.41, 5.74) is 0.645. The van der Waals surface area contributed by atoms with Crippen molar-refractivity contribution in [1.29, 1.82) is 5.26 Å². The highest BCUT2D eigenvalue weighted by Gasteiger charge is 2.27. The molecular weight excluding hydrogens is 221 g/mol. The third-order valence-corrected chi connectivity index (χ3v) is 2.89. The van der Waals surface area contributed by atoms with E-state index in [1.54, 1.807) is 24.0 Å². The molecule has 1 unspecified atom stereocenters. The van der Waals surface area contributed by atoms with Gasteiger partial charge < -0.3 is 10.2 Å². The molecule has 0 bridgehead atoms. The number of hydrogen-bond acceptors (Lipinski definition) is 3. The molecule has 88 valence electrons. The molecule has 0 saturated carbocycles. The van der Waals surface area contributed by atoms with Gasteiger partial charge in [0.25, 0.3) is 0 Å². The maximum atomic E-state index is 13.8. The van der Waals surface area contributed by atoms with Crippen LogP contribution in [0.25, 0.3) is 0 Å². The fraction of sp³-hybridized carbons (Fsp3) is 0.333. The Morgan fingerprint density at radius 2 is 2.35 bits per heavy atom. The summed E-state index contributed by atoms with van der Waals surface area (Å²) >= 11 is 0. The minimum atomic E-state index is -0.467. The van der Waals surface area contributed by atoms with E-state index in [2.05, 4.69) is 5.32 Å². The first-order chi connectivity index (χ1) is 8.13. The summed E-state index contributed by atoms with van der Waals surface area (Å²) in [4.78, 5) is 13.2. The lowest BCUT2D eigenvalue weighted by molar-refractivity contribution is -0.122. The van der Waals surface area contributed by atoms with Crippen LogP contribution in [-0.2, 0) is 4.79 Å². The van der Waals surface area contributed by atoms with Crippen LogP contribution in [-0.4, -0.2) is 25.0 Å². The third kappa shape index (κ3) is 2.07. The number of rotatable bonds is 1. The van der Waals surface area contributed by atoms with Crippen LogP contribution in [0.5, 0.6) is 0 Å². The van der Waals surface area contributed by atoms with Gasteiger partial charge in [-0.25, -0.2) is 4.39 Å². The highest BCUT2D eigenvalue weighted by Crippen LogP contribution is 2.23. The zero-order valence-corrected chi connectivity index (χ0v) is 9.40. The van der Waals surface area contributed by atoms with E-state index in [1.807, 2.05) is 6.07 Å². The Kier molecular flexibility index (Phi) is 2.96. The maximum Gasteiger partial charge on any atom is 0.242 e. The molecule has 0 radical (unpaired) electrons. The molecule has 5 heteroatoms. The molecule has 1 saturated heterocycles. The van der Waals surface area contributed by atoms with Crippen LogP contribution in [0.4, 0.5) is 10.1 Å². The topological polar surface area (TPSA) is 56.1 Å². The third-order valence-electron chi connectivity index (χ3n) is 2.89. The fourth-order valence-corrected chi connectivity index (χ4v) is 1.92. The van der Waals surface area contributed by atoms with Crippen molar-refractivity contribution in [3.05, 3.63) is 29.6 Å². The van der Waals surface area contributed by atoms with E-state index in [0.717, 1.165) is 0 Å². The maximum absolute atomic E-state index is 13.8. The molecule has 1 aromatic carbocycles. The first-order valence-corrected chi connectivity index (χ1v) is 5.37.